The molecule has 28 heavy (non-hydrogen) atoms. The first-order chi connectivity index (χ1) is 13.5. The molecular weight excluding hydrogens is 356 g/mol. The van der Waals surface area contributed by atoms with Crippen LogP contribution in [0.25, 0.3) is 0 Å². The van der Waals surface area contributed by atoms with E-state index in [0.29, 0.717) is 37.8 Å². The summed E-state index contributed by atoms with van der Waals surface area (Å²) in [5, 5.41) is 3.89. The molecule has 7 heteroatoms. The Morgan fingerprint density at radius 1 is 1.21 bits per heavy atom. The molecule has 7 nitrogen and oxygen atoms in total. The van der Waals surface area contributed by atoms with Gasteiger partial charge in [-0.15, -0.1) is 0 Å². The van der Waals surface area contributed by atoms with Crippen LogP contribution in [0.15, 0.2) is 34.9 Å². The second kappa shape index (κ2) is 7.37. The van der Waals surface area contributed by atoms with Crippen LogP contribution < -0.4 is 0 Å². The van der Waals surface area contributed by atoms with E-state index in [1.807, 2.05) is 42.2 Å². The van der Waals surface area contributed by atoms with Crippen LogP contribution in [-0.4, -0.2) is 51.4 Å². The highest BCUT2D eigenvalue weighted by Gasteiger charge is 2.53. The molecule has 4 rings (SSSR count). The maximum absolute atomic E-state index is 13.5. The average Bonchev–Trinajstić information content (AvgIpc) is 3.47. The number of hydrogen-bond donors (Lipinski definition) is 0. The highest BCUT2D eigenvalue weighted by Crippen LogP contribution is 2.50. The molecule has 1 aliphatic heterocycles. The van der Waals surface area contributed by atoms with E-state index in [2.05, 4.69) is 10.1 Å². The zero-order chi connectivity index (χ0) is 19.7. The van der Waals surface area contributed by atoms with Crippen molar-refractivity contribution in [3.05, 3.63) is 47.6 Å². The second-order valence-electron chi connectivity index (χ2n) is 7.69. The van der Waals surface area contributed by atoms with Crippen LogP contribution in [0.2, 0.25) is 0 Å². The van der Waals surface area contributed by atoms with E-state index < -0.39 is 11.5 Å². The molecule has 148 valence electrons. The molecule has 1 saturated carbocycles. The van der Waals surface area contributed by atoms with Gasteiger partial charge in [0.25, 0.3) is 5.89 Å². The van der Waals surface area contributed by atoms with E-state index in [1.54, 1.807) is 11.8 Å². The molecule has 0 bridgehead atoms. The number of carbonyl (C=O) groups is 2. The first-order valence-corrected chi connectivity index (χ1v) is 10.00. The van der Waals surface area contributed by atoms with E-state index in [9.17, 15) is 9.59 Å². The van der Waals surface area contributed by atoms with Crippen LogP contribution in [-0.2, 0) is 15.0 Å². The summed E-state index contributed by atoms with van der Waals surface area (Å²) < 4.78 is 5.41. The van der Waals surface area contributed by atoms with Gasteiger partial charge in [-0.2, -0.15) is 4.98 Å². The Balaban J connectivity index is 1.62. The van der Waals surface area contributed by atoms with Crippen molar-refractivity contribution in [2.24, 2.45) is 0 Å². The van der Waals surface area contributed by atoms with E-state index >= 15 is 0 Å². The third-order valence-corrected chi connectivity index (χ3v) is 5.82. The lowest BCUT2D eigenvalue weighted by atomic mass is 9.94. The van der Waals surface area contributed by atoms with Gasteiger partial charge in [0.2, 0.25) is 11.8 Å². The third kappa shape index (κ3) is 3.30. The number of carbonyl (C=O) groups excluding carboxylic acids is 2. The molecule has 0 radical (unpaired) electrons. The van der Waals surface area contributed by atoms with Crippen molar-refractivity contribution in [1.82, 2.24) is 19.9 Å². The lowest BCUT2D eigenvalue weighted by Crippen LogP contribution is -2.43. The summed E-state index contributed by atoms with van der Waals surface area (Å²) in [5.41, 5.74) is 0.663. The lowest BCUT2D eigenvalue weighted by molar-refractivity contribution is -0.137. The maximum Gasteiger partial charge on any atom is 0.251 e. The molecule has 1 saturated heterocycles. The molecule has 0 spiro atoms. The summed E-state index contributed by atoms with van der Waals surface area (Å²) in [4.78, 5) is 34.1. The molecule has 2 aliphatic rings. The van der Waals surface area contributed by atoms with Crippen molar-refractivity contribution in [1.29, 1.82) is 0 Å². The number of benzene rings is 1. The first kappa shape index (κ1) is 18.7. The summed E-state index contributed by atoms with van der Waals surface area (Å²) in [5.74, 6) is 1.12. The first-order valence-electron chi connectivity index (χ1n) is 10.00. The zero-order valence-corrected chi connectivity index (χ0v) is 16.4. The van der Waals surface area contributed by atoms with Gasteiger partial charge in [-0.1, -0.05) is 42.4 Å². The SMILES string of the molecule is CCC(=O)N1CCCN(C(=O)C2(c3ccccc3)CC2)CC1c1nc(C)no1. The fourth-order valence-electron chi connectivity index (χ4n) is 4.14. The van der Waals surface area contributed by atoms with Crippen molar-refractivity contribution in [2.75, 3.05) is 19.6 Å². The molecule has 1 aromatic carbocycles. The van der Waals surface area contributed by atoms with Gasteiger partial charge >= 0.3 is 0 Å². The average molecular weight is 382 g/mol. The van der Waals surface area contributed by atoms with Crippen LogP contribution >= 0.6 is 0 Å². The standard InChI is InChI=1S/C21H26N4O3/c1-3-18(26)25-13-7-12-24(14-17(25)19-22-15(2)23-28-19)20(27)21(10-11-21)16-8-5-4-6-9-16/h4-6,8-9,17H,3,7,10-14H2,1-2H3. The highest BCUT2D eigenvalue weighted by atomic mass is 16.5. The fraction of sp³-hybridized carbons (Fsp3) is 0.524. The predicted molar refractivity (Wildman–Crippen MR) is 102 cm³/mol. The Bertz CT molecular complexity index is 860. The number of rotatable bonds is 4. The van der Waals surface area contributed by atoms with Gasteiger partial charge < -0.3 is 14.3 Å². The normalized spacial score (nSPS) is 21.3. The van der Waals surface area contributed by atoms with Crippen molar-refractivity contribution < 1.29 is 14.1 Å². The molecular formula is C21H26N4O3. The molecule has 1 aliphatic carbocycles. The van der Waals surface area contributed by atoms with Crippen LogP contribution in [0.1, 0.15) is 55.9 Å². The second-order valence-corrected chi connectivity index (χ2v) is 7.69. The Kier molecular flexibility index (Phi) is 4.91. The third-order valence-electron chi connectivity index (χ3n) is 5.82. The quantitative estimate of drug-likeness (QED) is 0.812. The topological polar surface area (TPSA) is 79.5 Å². The van der Waals surface area contributed by atoms with Gasteiger partial charge in [0.15, 0.2) is 5.82 Å². The van der Waals surface area contributed by atoms with E-state index in [0.717, 1.165) is 24.8 Å². The Labute approximate surface area is 164 Å². The van der Waals surface area contributed by atoms with E-state index in [4.69, 9.17) is 4.52 Å². The number of nitrogens with zero attached hydrogens (tertiary/aromatic N) is 4. The highest BCUT2D eigenvalue weighted by molar-refractivity contribution is 5.91. The van der Waals surface area contributed by atoms with Crippen molar-refractivity contribution >= 4 is 11.8 Å². The number of aromatic nitrogens is 2. The Morgan fingerprint density at radius 3 is 2.57 bits per heavy atom. The van der Waals surface area contributed by atoms with Crippen molar-refractivity contribution in [2.45, 2.75) is 51.0 Å². The summed E-state index contributed by atoms with van der Waals surface area (Å²) in [6, 6.07) is 9.61. The lowest BCUT2D eigenvalue weighted by Gasteiger charge is -2.31. The summed E-state index contributed by atoms with van der Waals surface area (Å²) in [6.45, 7) is 5.21. The van der Waals surface area contributed by atoms with Crippen LogP contribution in [0.3, 0.4) is 0 Å². The fourth-order valence-corrected chi connectivity index (χ4v) is 4.14. The van der Waals surface area contributed by atoms with Gasteiger partial charge in [0, 0.05) is 19.5 Å². The van der Waals surface area contributed by atoms with Crippen molar-refractivity contribution in [3.8, 4) is 0 Å². The van der Waals surface area contributed by atoms with Crippen molar-refractivity contribution in [3.63, 3.8) is 0 Å². The Hall–Kier alpha value is -2.70. The number of aryl methyl sites for hydroxylation is 1. The minimum Gasteiger partial charge on any atom is -0.339 e. The molecule has 2 heterocycles. The van der Waals surface area contributed by atoms with Gasteiger partial charge in [0.05, 0.1) is 12.0 Å². The molecule has 2 amide bonds. The monoisotopic (exact) mass is 382 g/mol. The minimum absolute atomic E-state index is 0.0411. The molecule has 0 N–H and O–H groups in total. The van der Waals surface area contributed by atoms with Crippen LogP contribution in [0.5, 0.6) is 0 Å². The molecule has 1 unspecified atom stereocenters. The smallest absolute Gasteiger partial charge is 0.251 e. The largest absolute Gasteiger partial charge is 0.339 e. The van der Waals surface area contributed by atoms with Crippen LogP contribution in [0, 0.1) is 6.92 Å². The van der Waals surface area contributed by atoms with Crippen LogP contribution in [0.4, 0.5) is 0 Å². The predicted octanol–water partition coefficient (Wildman–Crippen LogP) is 2.62. The number of amides is 2. The van der Waals surface area contributed by atoms with Gasteiger partial charge in [-0.3, -0.25) is 9.59 Å². The zero-order valence-electron chi connectivity index (χ0n) is 16.4. The van der Waals surface area contributed by atoms with E-state index in [1.165, 1.54) is 0 Å². The maximum atomic E-state index is 13.5. The van der Waals surface area contributed by atoms with Gasteiger partial charge in [-0.05, 0) is 31.7 Å². The van der Waals surface area contributed by atoms with Gasteiger partial charge in [-0.25, -0.2) is 0 Å². The molecule has 1 atom stereocenters. The Morgan fingerprint density at radius 2 is 1.96 bits per heavy atom. The molecule has 2 fully saturated rings. The summed E-state index contributed by atoms with van der Waals surface area (Å²) >= 11 is 0. The van der Waals surface area contributed by atoms with Gasteiger partial charge in [0.1, 0.15) is 6.04 Å². The summed E-state index contributed by atoms with van der Waals surface area (Å²) in [7, 11) is 0. The molecule has 2 aromatic rings. The summed E-state index contributed by atoms with van der Waals surface area (Å²) in [6.07, 6.45) is 2.89. The number of hydrogen-bond acceptors (Lipinski definition) is 5. The molecule has 1 aromatic heterocycles. The van der Waals surface area contributed by atoms with E-state index in [-0.39, 0.29) is 11.8 Å². The minimum atomic E-state index is -0.416.